The second-order valence-electron chi connectivity index (χ2n) is 8.49. The van der Waals surface area contributed by atoms with Gasteiger partial charge in [-0.15, -0.1) is 0 Å². The number of carbonyl (C=O) groups excluding carboxylic acids is 2. The van der Waals surface area contributed by atoms with E-state index in [1.165, 1.54) is 17.7 Å². The summed E-state index contributed by atoms with van der Waals surface area (Å²) in [5.41, 5.74) is 4.25. The standard InChI is InChI=1S/C23H32N4O5S/c1-16-21(10-11-22(28)32-4)17(2)27(24-16)20-8-6-18(7-9-20)23(29)26-14-12-19(13-15-26)25(3)33(5,30)31/h6-9,19H,10-15H2,1-5H3. The number of rotatable bonds is 7. The van der Waals surface area contributed by atoms with E-state index in [2.05, 4.69) is 5.10 Å². The van der Waals surface area contributed by atoms with Gasteiger partial charge in [0.25, 0.3) is 5.91 Å². The van der Waals surface area contributed by atoms with Gasteiger partial charge < -0.3 is 9.64 Å². The minimum Gasteiger partial charge on any atom is -0.469 e. The zero-order chi connectivity index (χ0) is 24.3. The van der Waals surface area contributed by atoms with Gasteiger partial charge in [-0.1, -0.05) is 0 Å². The monoisotopic (exact) mass is 476 g/mol. The molecule has 180 valence electrons. The molecule has 1 fully saturated rings. The van der Waals surface area contributed by atoms with Gasteiger partial charge in [0.05, 0.1) is 24.7 Å². The number of hydrogen-bond donors (Lipinski definition) is 0. The lowest BCUT2D eigenvalue weighted by molar-refractivity contribution is -0.140. The van der Waals surface area contributed by atoms with Crippen molar-refractivity contribution < 1.29 is 22.7 Å². The molecule has 1 saturated heterocycles. The van der Waals surface area contributed by atoms with E-state index in [4.69, 9.17) is 4.74 Å². The predicted octanol–water partition coefficient (Wildman–Crippen LogP) is 2.09. The molecule has 0 unspecified atom stereocenters. The molecule has 1 amide bonds. The fourth-order valence-corrected chi connectivity index (χ4v) is 5.00. The molecule has 9 nitrogen and oxygen atoms in total. The molecule has 1 aliphatic rings. The molecule has 0 aliphatic carbocycles. The summed E-state index contributed by atoms with van der Waals surface area (Å²) in [5, 5.41) is 4.61. The minimum atomic E-state index is -3.24. The van der Waals surface area contributed by atoms with Gasteiger partial charge >= 0.3 is 5.97 Å². The molecule has 0 bridgehead atoms. The molecule has 2 heterocycles. The van der Waals surface area contributed by atoms with Crippen molar-refractivity contribution >= 4 is 21.9 Å². The van der Waals surface area contributed by atoms with Crippen molar-refractivity contribution in [3.63, 3.8) is 0 Å². The van der Waals surface area contributed by atoms with Crippen LogP contribution in [0.25, 0.3) is 5.69 Å². The summed E-state index contributed by atoms with van der Waals surface area (Å²) in [5.74, 6) is -0.314. The van der Waals surface area contributed by atoms with Crippen molar-refractivity contribution in [2.45, 2.75) is 45.6 Å². The lowest BCUT2D eigenvalue weighted by atomic mass is 10.0. The molecule has 0 spiro atoms. The molecule has 10 heteroatoms. The van der Waals surface area contributed by atoms with Gasteiger partial charge in [0.2, 0.25) is 10.0 Å². The largest absolute Gasteiger partial charge is 0.469 e. The summed E-state index contributed by atoms with van der Waals surface area (Å²) in [6.07, 6.45) is 3.30. The van der Waals surface area contributed by atoms with E-state index in [1.807, 2.05) is 30.7 Å². The number of sulfonamides is 1. The summed E-state index contributed by atoms with van der Waals surface area (Å²) in [4.78, 5) is 26.2. The maximum Gasteiger partial charge on any atom is 0.305 e. The fraction of sp³-hybridized carbons (Fsp3) is 0.522. The molecule has 33 heavy (non-hydrogen) atoms. The van der Waals surface area contributed by atoms with Crippen molar-refractivity contribution in [1.29, 1.82) is 0 Å². The second kappa shape index (κ2) is 10.0. The van der Waals surface area contributed by atoms with Gasteiger partial charge in [0.15, 0.2) is 0 Å². The van der Waals surface area contributed by atoms with E-state index >= 15 is 0 Å². The Morgan fingerprint density at radius 1 is 1.15 bits per heavy atom. The Balaban J connectivity index is 1.67. The van der Waals surface area contributed by atoms with Crippen molar-refractivity contribution in [1.82, 2.24) is 19.0 Å². The van der Waals surface area contributed by atoms with Crippen LogP contribution in [0.1, 0.15) is 46.6 Å². The first-order valence-electron chi connectivity index (χ1n) is 11.0. The highest BCUT2D eigenvalue weighted by atomic mass is 32.2. The number of methoxy groups -OCH3 is 1. The first-order valence-corrected chi connectivity index (χ1v) is 12.8. The predicted molar refractivity (Wildman–Crippen MR) is 125 cm³/mol. The van der Waals surface area contributed by atoms with Crippen molar-refractivity contribution in [2.75, 3.05) is 33.5 Å². The Morgan fingerprint density at radius 2 is 1.76 bits per heavy atom. The number of carbonyl (C=O) groups is 2. The Kier molecular flexibility index (Phi) is 7.58. The number of benzene rings is 1. The normalized spacial score (nSPS) is 15.2. The van der Waals surface area contributed by atoms with Gasteiger partial charge in [0, 0.05) is 43.9 Å². The Hall–Kier alpha value is -2.72. The highest BCUT2D eigenvalue weighted by Gasteiger charge is 2.29. The highest BCUT2D eigenvalue weighted by molar-refractivity contribution is 7.88. The van der Waals surface area contributed by atoms with Crippen LogP contribution in [0, 0.1) is 13.8 Å². The number of esters is 1. The van der Waals surface area contributed by atoms with Crippen molar-refractivity contribution in [3.05, 3.63) is 46.8 Å². The number of nitrogens with zero attached hydrogens (tertiary/aromatic N) is 4. The zero-order valence-corrected chi connectivity index (χ0v) is 20.7. The lowest BCUT2D eigenvalue weighted by Crippen LogP contribution is -2.47. The lowest BCUT2D eigenvalue weighted by Gasteiger charge is -2.35. The van der Waals surface area contributed by atoms with Crippen LogP contribution in [0.15, 0.2) is 24.3 Å². The molecule has 0 saturated carbocycles. The summed E-state index contributed by atoms with van der Waals surface area (Å²) in [7, 11) is -0.266. The summed E-state index contributed by atoms with van der Waals surface area (Å²) < 4.78 is 31.5. The molecule has 1 aromatic heterocycles. The van der Waals surface area contributed by atoms with E-state index in [0.29, 0.717) is 44.3 Å². The molecule has 1 aromatic carbocycles. The van der Waals surface area contributed by atoms with Crippen LogP contribution in [0.5, 0.6) is 0 Å². The van der Waals surface area contributed by atoms with Gasteiger partial charge in [0.1, 0.15) is 0 Å². The van der Waals surface area contributed by atoms with Gasteiger partial charge in [-0.05, 0) is 62.9 Å². The smallest absolute Gasteiger partial charge is 0.305 e. The van der Waals surface area contributed by atoms with Crippen LogP contribution in [-0.2, 0) is 26.0 Å². The highest BCUT2D eigenvalue weighted by Crippen LogP contribution is 2.22. The Morgan fingerprint density at radius 3 is 2.30 bits per heavy atom. The average Bonchev–Trinajstić information content (AvgIpc) is 3.09. The summed E-state index contributed by atoms with van der Waals surface area (Å²) in [6.45, 7) is 4.92. The first-order chi connectivity index (χ1) is 15.5. The third-order valence-electron chi connectivity index (χ3n) is 6.40. The molecule has 0 N–H and O–H groups in total. The van der Waals surface area contributed by atoms with Crippen LogP contribution in [0.2, 0.25) is 0 Å². The fourth-order valence-electron chi connectivity index (χ4n) is 4.25. The number of aryl methyl sites for hydroxylation is 1. The number of ether oxygens (including phenoxy) is 1. The van der Waals surface area contributed by atoms with Crippen LogP contribution in [-0.4, -0.2) is 78.8 Å². The molecule has 1 aliphatic heterocycles. The maximum atomic E-state index is 13.0. The van der Waals surface area contributed by atoms with Crippen LogP contribution >= 0.6 is 0 Å². The third-order valence-corrected chi connectivity index (χ3v) is 7.74. The summed E-state index contributed by atoms with van der Waals surface area (Å²) >= 11 is 0. The molecular weight excluding hydrogens is 444 g/mol. The zero-order valence-electron chi connectivity index (χ0n) is 19.9. The molecule has 2 aromatic rings. The molecular formula is C23H32N4O5S. The average molecular weight is 477 g/mol. The van der Waals surface area contributed by atoms with Gasteiger partial charge in [-0.25, -0.2) is 17.4 Å². The van der Waals surface area contributed by atoms with Gasteiger partial charge in [-0.2, -0.15) is 5.10 Å². The number of likely N-dealkylation sites (tertiary alicyclic amines) is 1. The van der Waals surface area contributed by atoms with Crippen LogP contribution in [0.4, 0.5) is 0 Å². The van der Waals surface area contributed by atoms with E-state index < -0.39 is 10.0 Å². The van der Waals surface area contributed by atoms with E-state index in [-0.39, 0.29) is 17.9 Å². The van der Waals surface area contributed by atoms with Crippen LogP contribution < -0.4 is 0 Å². The molecule has 0 radical (unpaired) electrons. The van der Waals surface area contributed by atoms with E-state index in [9.17, 15) is 18.0 Å². The number of hydrogen-bond acceptors (Lipinski definition) is 6. The molecule has 3 rings (SSSR count). The Labute approximate surface area is 195 Å². The topological polar surface area (TPSA) is 102 Å². The number of piperidine rings is 1. The second-order valence-corrected chi connectivity index (χ2v) is 10.5. The maximum absolute atomic E-state index is 13.0. The number of amides is 1. The molecule has 0 atom stereocenters. The van der Waals surface area contributed by atoms with Gasteiger partial charge in [-0.3, -0.25) is 9.59 Å². The quantitative estimate of drug-likeness (QED) is 0.567. The van der Waals surface area contributed by atoms with Crippen LogP contribution in [0.3, 0.4) is 0 Å². The summed E-state index contributed by atoms with van der Waals surface area (Å²) in [6, 6.07) is 7.22. The first kappa shape index (κ1) is 24.9. The number of aromatic nitrogens is 2. The SMILES string of the molecule is COC(=O)CCc1c(C)nn(-c2ccc(C(=O)N3CCC(N(C)S(C)(=O)=O)CC3)cc2)c1C. The van der Waals surface area contributed by atoms with Crippen molar-refractivity contribution in [3.8, 4) is 5.69 Å². The third kappa shape index (κ3) is 5.62. The van der Waals surface area contributed by atoms with E-state index in [0.717, 1.165) is 22.6 Å². The van der Waals surface area contributed by atoms with E-state index in [1.54, 1.807) is 24.1 Å². The van der Waals surface area contributed by atoms with Crippen molar-refractivity contribution in [2.24, 2.45) is 0 Å². The Bertz CT molecular complexity index is 1120. The minimum absolute atomic E-state index is 0.0610.